The zero-order valence-corrected chi connectivity index (χ0v) is 7.83. The molecule has 1 aromatic rings. The van der Waals surface area contributed by atoms with Gasteiger partial charge in [0.05, 0.1) is 23.4 Å². The molecule has 1 fully saturated rings. The van der Waals surface area contributed by atoms with Crippen molar-refractivity contribution >= 4 is 9.84 Å². The summed E-state index contributed by atoms with van der Waals surface area (Å²) in [6.07, 6.45) is -0.0785. The third-order valence-electron chi connectivity index (χ3n) is 1.91. The molecule has 13 heavy (non-hydrogen) atoms. The van der Waals surface area contributed by atoms with Crippen molar-refractivity contribution < 1.29 is 13.2 Å². The van der Waals surface area contributed by atoms with E-state index in [1.807, 2.05) is 0 Å². The maximum absolute atomic E-state index is 11.6. The van der Waals surface area contributed by atoms with Crippen LogP contribution in [0.2, 0.25) is 0 Å². The summed E-state index contributed by atoms with van der Waals surface area (Å²) in [7, 11) is -3.12. The summed E-state index contributed by atoms with van der Waals surface area (Å²) in [4.78, 5) is 0.380. The van der Waals surface area contributed by atoms with Gasteiger partial charge in [-0.15, -0.1) is 0 Å². The molecule has 1 atom stereocenters. The van der Waals surface area contributed by atoms with Gasteiger partial charge in [0, 0.05) is 0 Å². The van der Waals surface area contributed by atoms with Gasteiger partial charge in [-0.25, -0.2) is 8.42 Å². The molecule has 1 saturated heterocycles. The molecule has 3 nitrogen and oxygen atoms in total. The molecule has 0 aliphatic carbocycles. The quantitative estimate of drug-likeness (QED) is 0.677. The fourth-order valence-corrected chi connectivity index (χ4v) is 2.58. The van der Waals surface area contributed by atoms with Crippen LogP contribution in [-0.4, -0.2) is 26.9 Å². The van der Waals surface area contributed by atoms with Gasteiger partial charge in [-0.05, 0) is 12.1 Å². The van der Waals surface area contributed by atoms with Crippen molar-refractivity contribution in [3.8, 4) is 0 Å². The van der Waals surface area contributed by atoms with Crippen LogP contribution in [0, 0.1) is 0 Å². The number of ether oxygens (including phenoxy) is 1. The fourth-order valence-electron chi connectivity index (χ4n) is 1.13. The molecule has 0 aromatic heterocycles. The van der Waals surface area contributed by atoms with Crippen molar-refractivity contribution in [1.29, 1.82) is 0 Å². The van der Waals surface area contributed by atoms with E-state index in [0.29, 0.717) is 11.5 Å². The second kappa shape index (κ2) is 3.12. The number of sulfone groups is 1. The summed E-state index contributed by atoms with van der Waals surface area (Å²) < 4.78 is 28.1. The molecular weight excluding hydrogens is 188 g/mol. The van der Waals surface area contributed by atoms with Gasteiger partial charge in [0.2, 0.25) is 0 Å². The van der Waals surface area contributed by atoms with Gasteiger partial charge in [0.15, 0.2) is 9.84 Å². The SMILES string of the molecule is O=S(=O)(C[C@@H]1CO1)c1ccccc1. The summed E-state index contributed by atoms with van der Waals surface area (Å²) in [6, 6.07) is 8.46. The Labute approximate surface area is 77.3 Å². The van der Waals surface area contributed by atoms with E-state index in [1.54, 1.807) is 30.3 Å². The van der Waals surface area contributed by atoms with E-state index in [9.17, 15) is 8.42 Å². The summed E-state index contributed by atoms with van der Waals surface area (Å²) in [6.45, 7) is 0.575. The Morgan fingerprint density at radius 3 is 2.46 bits per heavy atom. The van der Waals surface area contributed by atoms with Crippen LogP contribution in [0.3, 0.4) is 0 Å². The molecule has 1 heterocycles. The molecular formula is C9H10O3S. The van der Waals surface area contributed by atoms with Crippen molar-refractivity contribution in [2.45, 2.75) is 11.0 Å². The normalized spacial score (nSPS) is 21.4. The van der Waals surface area contributed by atoms with Crippen LogP contribution >= 0.6 is 0 Å². The smallest absolute Gasteiger partial charge is 0.181 e. The first-order chi connectivity index (χ1) is 6.18. The molecule has 1 aromatic carbocycles. The molecule has 4 heteroatoms. The second-order valence-corrected chi connectivity index (χ2v) is 5.08. The summed E-state index contributed by atoms with van der Waals surface area (Å²) in [5.74, 6) is 0.108. The molecule has 1 aliphatic heterocycles. The Kier molecular flexibility index (Phi) is 2.09. The van der Waals surface area contributed by atoms with Crippen molar-refractivity contribution in [2.24, 2.45) is 0 Å². The Hall–Kier alpha value is -0.870. The number of epoxide rings is 1. The Bertz CT molecular complexity index is 379. The van der Waals surface area contributed by atoms with Gasteiger partial charge in [0.1, 0.15) is 0 Å². The predicted octanol–water partition coefficient (Wildman–Crippen LogP) is 0.859. The lowest BCUT2D eigenvalue weighted by Crippen LogP contribution is -2.11. The minimum absolute atomic E-state index is 0.0785. The zero-order valence-electron chi connectivity index (χ0n) is 7.01. The summed E-state index contributed by atoms with van der Waals surface area (Å²) in [5.41, 5.74) is 0. The third kappa shape index (κ3) is 2.08. The molecule has 0 N–H and O–H groups in total. The van der Waals surface area contributed by atoms with E-state index < -0.39 is 9.84 Å². The Morgan fingerprint density at radius 1 is 1.31 bits per heavy atom. The summed E-state index contributed by atoms with van der Waals surface area (Å²) in [5, 5.41) is 0. The first-order valence-electron chi connectivity index (χ1n) is 4.08. The van der Waals surface area contributed by atoms with Gasteiger partial charge < -0.3 is 4.74 Å². The number of rotatable bonds is 3. The van der Waals surface area contributed by atoms with E-state index >= 15 is 0 Å². The Balaban J connectivity index is 2.23. The molecule has 70 valence electrons. The van der Waals surface area contributed by atoms with Crippen LogP contribution in [0.15, 0.2) is 35.2 Å². The van der Waals surface area contributed by atoms with Crippen LogP contribution in [0.5, 0.6) is 0 Å². The van der Waals surface area contributed by atoms with E-state index in [2.05, 4.69) is 0 Å². The first-order valence-corrected chi connectivity index (χ1v) is 5.73. The minimum atomic E-state index is -3.12. The molecule has 0 unspecified atom stereocenters. The van der Waals surface area contributed by atoms with Crippen LogP contribution < -0.4 is 0 Å². The molecule has 0 radical (unpaired) electrons. The fraction of sp³-hybridized carbons (Fsp3) is 0.333. The zero-order chi connectivity index (χ0) is 9.31. The standard InChI is InChI=1S/C9H10O3S/c10-13(11,7-8-6-12-8)9-4-2-1-3-5-9/h1-5,8H,6-7H2/t8-/m0/s1. The molecule has 0 bridgehead atoms. The van der Waals surface area contributed by atoms with Gasteiger partial charge in [0.25, 0.3) is 0 Å². The average molecular weight is 198 g/mol. The highest BCUT2D eigenvalue weighted by Crippen LogP contribution is 2.17. The number of benzene rings is 1. The monoisotopic (exact) mass is 198 g/mol. The van der Waals surface area contributed by atoms with Crippen LogP contribution in [-0.2, 0) is 14.6 Å². The maximum atomic E-state index is 11.6. The lowest BCUT2D eigenvalue weighted by atomic mass is 10.4. The Morgan fingerprint density at radius 2 is 1.92 bits per heavy atom. The first kappa shape index (κ1) is 8.72. The highest BCUT2D eigenvalue weighted by Gasteiger charge is 2.29. The van der Waals surface area contributed by atoms with Crippen molar-refractivity contribution in [3.05, 3.63) is 30.3 Å². The van der Waals surface area contributed by atoms with Gasteiger partial charge in [-0.1, -0.05) is 18.2 Å². The number of hydrogen-bond acceptors (Lipinski definition) is 3. The molecule has 0 amide bonds. The van der Waals surface area contributed by atoms with Crippen LogP contribution in [0.1, 0.15) is 0 Å². The highest BCUT2D eigenvalue weighted by atomic mass is 32.2. The third-order valence-corrected chi connectivity index (χ3v) is 3.71. The van der Waals surface area contributed by atoms with Gasteiger partial charge in [-0.2, -0.15) is 0 Å². The van der Waals surface area contributed by atoms with Crippen molar-refractivity contribution in [1.82, 2.24) is 0 Å². The van der Waals surface area contributed by atoms with Crippen molar-refractivity contribution in [2.75, 3.05) is 12.4 Å². The molecule has 1 aliphatic rings. The van der Waals surface area contributed by atoms with Crippen LogP contribution in [0.4, 0.5) is 0 Å². The van der Waals surface area contributed by atoms with Gasteiger partial charge in [-0.3, -0.25) is 0 Å². The van der Waals surface area contributed by atoms with E-state index in [1.165, 1.54) is 0 Å². The molecule has 0 saturated carbocycles. The van der Waals surface area contributed by atoms with Gasteiger partial charge >= 0.3 is 0 Å². The van der Waals surface area contributed by atoms with E-state index in [4.69, 9.17) is 4.74 Å². The molecule has 0 spiro atoms. The van der Waals surface area contributed by atoms with E-state index in [-0.39, 0.29) is 11.9 Å². The predicted molar refractivity (Wildman–Crippen MR) is 48.2 cm³/mol. The topological polar surface area (TPSA) is 46.7 Å². The lowest BCUT2D eigenvalue weighted by molar-refractivity contribution is 0.422. The minimum Gasteiger partial charge on any atom is -0.372 e. The second-order valence-electron chi connectivity index (χ2n) is 3.05. The maximum Gasteiger partial charge on any atom is 0.181 e. The van der Waals surface area contributed by atoms with Crippen molar-refractivity contribution in [3.63, 3.8) is 0 Å². The average Bonchev–Trinajstić information content (AvgIpc) is 2.89. The highest BCUT2D eigenvalue weighted by molar-refractivity contribution is 7.91. The number of hydrogen-bond donors (Lipinski definition) is 0. The summed E-state index contributed by atoms with van der Waals surface area (Å²) >= 11 is 0. The van der Waals surface area contributed by atoms with Crippen LogP contribution in [0.25, 0.3) is 0 Å². The molecule has 2 rings (SSSR count). The lowest BCUT2D eigenvalue weighted by Gasteiger charge is -2.00. The van der Waals surface area contributed by atoms with E-state index in [0.717, 1.165) is 0 Å². The largest absolute Gasteiger partial charge is 0.372 e.